The first kappa shape index (κ1) is 46.2. The standard InChI is InChI=1S/C51H71N5O4S/c1-37-17-25-45-43(35-37)50(2,3)47(53(45)31-13-33-55(6,7)8)27-20-39-15-12-16-40(49(39)60-41-22-18-38(19-23-41)29-30-52)21-28-48-51(4,5)44-36-42(61(57,58)59)24-26-46(44)54(48)32-14-34-56(9,10)11/h17-28,35-36H,12-16,29-34,52H2,1-11H3/q+2/p+1. The molecule has 0 saturated heterocycles. The van der Waals surface area contributed by atoms with Crippen molar-refractivity contribution in [1.29, 1.82) is 0 Å². The van der Waals surface area contributed by atoms with Crippen molar-refractivity contribution in [2.24, 2.45) is 5.73 Å². The van der Waals surface area contributed by atoms with Gasteiger partial charge in [0.1, 0.15) is 11.5 Å². The van der Waals surface area contributed by atoms with Crippen LogP contribution in [-0.4, -0.2) is 107 Å². The summed E-state index contributed by atoms with van der Waals surface area (Å²) in [6.45, 7) is 15.5. The van der Waals surface area contributed by atoms with Gasteiger partial charge in [-0.25, -0.2) is 0 Å². The zero-order chi connectivity index (χ0) is 44.5. The molecule has 2 heterocycles. The van der Waals surface area contributed by atoms with Crippen LogP contribution in [-0.2, 0) is 27.4 Å². The van der Waals surface area contributed by atoms with Crippen LogP contribution in [0.5, 0.6) is 5.75 Å². The SMILES string of the molecule is Cc1ccc2c(c1)C(C)(C)C(=CC=C1CCCC(C=CC3=[N+](CCC[N+](C)(C)C)c4ccc(S(=O)(=O)O)cc4C3(C)C)=C1Oc1ccc(CCN)cc1)N2CCC[N+](C)(C)C. The lowest BCUT2D eigenvalue weighted by atomic mass is 9.81. The molecule has 1 aliphatic carbocycles. The first-order valence-electron chi connectivity index (χ1n) is 22.1. The molecule has 0 bridgehead atoms. The molecular formula is C51H72N5O4S+3. The van der Waals surface area contributed by atoms with Gasteiger partial charge in [0.05, 0.1) is 72.1 Å². The first-order valence-corrected chi connectivity index (χ1v) is 23.5. The van der Waals surface area contributed by atoms with E-state index >= 15 is 0 Å². The third kappa shape index (κ3) is 10.7. The van der Waals surface area contributed by atoms with Crippen molar-refractivity contribution < 1.29 is 31.2 Å². The number of allylic oxidation sites excluding steroid dienone is 7. The quantitative estimate of drug-likeness (QED) is 0.0850. The molecule has 3 aromatic rings. The van der Waals surface area contributed by atoms with Gasteiger partial charge in [0.2, 0.25) is 5.69 Å². The molecule has 3 N–H and O–H groups in total. The van der Waals surface area contributed by atoms with Crippen molar-refractivity contribution in [3.63, 3.8) is 0 Å². The minimum absolute atomic E-state index is 0.0847. The number of benzene rings is 3. The summed E-state index contributed by atoms with van der Waals surface area (Å²) >= 11 is 0. The highest BCUT2D eigenvalue weighted by Gasteiger charge is 2.45. The molecule has 2 aliphatic heterocycles. The maximum Gasteiger partial charge on any atom is 0.294 e. The van der Waals surface area contributed by atoms with E-state index in [1.807, 2.05) is 18.2 Å². The lowest BCUT2D eigenvalue weighted by Crippen LogP contribution is -2.37. The molecular weight excluding hydrogens is 779 g/mol. The maximum atomic E-state index is 12.3. The largest absolute Gasteiger partial charge is 0.457 e. The summed E-state index contributed by atoms with van der Waals surface area (Å²) < 4.78 is 45.7. The molecule has 328 valence electrons. The molecule has 6 rings (SSSR count). The summed E-state index contributed by atoms with van der Waals surface area (Å²) in [5.41, 5.74) is 16.8. The first-order chi connectivity index (χ1) is 28.5. The Labute approximate surface area is 367 Å². The van der Waals surface area contributed by atoms with Crippen LogP contribution in [0.25, 0.3) is 0 Å². The Morgan fingerprint density at radius 1 is 0.836 bits per heavy atom. The number of hydrogen-bond acceptors (Lipinski definition) is 5. The Morgan fingerprint density at radius 3 is 2.18 bits per heavy atom. The molecule has 0 fully saturated rings. The number of rotatable bonds is 16. The predicted molar refractivity (Wildman–Crippen MR) is 252 cm³/mol. The van der Waals surface area contributed by atoms with Crippen molar-refractivity contribution >= 4 is 27.2 Å². The average molecular weight is 851 g/mol. The van der Waals surface area contributed by atoms with E-state index in [-0.39, 0.29) is 10.3 Å². The van der Waals surface area contributed by atoms with Gasteiger partial charge in [-0.2, -0.15) is 13.0 Å². The van der Waals surface area contributed by atoms with E-state index in [1.54, 1.807) is 6.07 Å². The lowest BCUT2D eigenvalue weighted by Gasteiger charge is -2.29. The Hall–Kier alpha value is -4.32. The van der Waals surface area contributed by atoms with Gasteiger partial charge in [0, 0.05) is 47.5 Å². The number of anilines is 1. The second-order valence-electron chi connectivity index (χ2n) is 20.4. The summed E-state index contributed by atoms with van der Waals surface area (Å²) in [7, 11) is 9.01. The molecule has 9 nitrogen and oxygen atoms in total. The Balaban J connectivity index is 1.46. The van der Waals surface area contributed by atoms with Gasteiger partial charge in [-0.15, -0.1) is 0 Å². The molecule has 0 spiro atoms. The predicted octanol–water partition coefficient (Wildman–Crippen LogP) is 8.99. The van der Waals surface area contributed by atoms with E-state index in [0.717, 1.165) is 113 Å². The molecule has 3 aromatic carbocycles. The molecule has 0 amide bonds. The van der Waals surface area contributed by atoms with Gasteiger partial charge >= 0.3 is 0 Å². The highest BCUT2D eigenvalue weighted by molar-refractivity contribution is 7.85. The van der Waals surface area contributed by atoms with Crippen LogP contribution in [0.4, 0.5) is 11.4 Å². The van der Waals surface area contributed by atoms with E-state index in [9.17, 15) is 13.0 Å². The smallest absolute Gasteiger partial charge is 0.294 e. The summed E-state index contributed by atoms with van der Waals surface area (Å²) in [6.07, 6.45) is 14.7. The fraction of sp³-hybridized carbons (Fsp3) is 0.471. The lowest BCUT2D eigenvalue weighted by molar-refractivity contribution is -0.871. The number of ether oxygens (including phenoxy) is 1. The normalized spacial score (nSPS) is 19.1. The molecule has 10 heteroatoms. The Bertz CT molecular complexity index is 2390. The van der Waals surface area contributed by atoms with Crippen molar-refractivity contribution in [3.8, 4) is 5.75 Å². The number of fused-ring (bicyclic) bond motifs is 2. The van der Waals surface area contributed by atoms with E-state index in [4.69, 9.17) is 10.5 Å². The zero-order valence-corrected chi connectivity index (χ0v) is 39.6. The van der Waals surface area contributed by atoms with E-state index < -0.39 is 15.5 Å². The van der Waals surface area contributed by atoms with Crippen LogP contribution < -0.4 is 15.4 Å². The van der Waals surface area contributed by atoms with Crippen LogP contribution in [0.15, 0.2) is 112 Å². The number of nitrogens with two attached hydrogens (primary N) is 1. The van der Waals surface area contributed by atoms with Crippen molar-refractivity contribution in [2.75, 3.05) is 79.9 Å². The van der Waals surface area contributed by atoms with Crippen LogP contribution >= 0.6 is 0 Å². The van der Waals surface area contributed by atoms with Gasteiger partial charge in [-0.1, -0.05) is 49.8 Å². The fourth-order valence-corrected chi connectivity index (χ4v) is 9.72. The number of nitrogens with zero attached hydrogens (tertiary/aromatic N) is 4. The monoisotopic (exact) mass is 851 g/mol. The fourth-order valence-electron chi connectivity index (χ4n) is 9.21. The molecule has 61 heavy (non-hydrogen) atoms. The highest BCUT2D eigenvalue weighted by Crippen LogP contribution is 2.48. The number of aryl methyl sites for hydroxylation is 1. The summed E-state index contributed by atoms with van der Waals surface area (Å²) in [5.74, 6) is 1.67. The minimum atomic E-state index is -4.37. The third-order valence-corrected chi connectivity index (χ3v) is 13.4. The minimum Gasteiger partial charge on any atom is -0.457 e. The number of hydrogen-bond donors (Lipinski definition) is 2. The van der Waals surface area contributed by atoms with Gasteiger partial charge in [0.15, 0.2) is 12.3 Å². The summed E-state index contributed by atoms with van der Waals surface area (Å²) in [5, 5.41) is 0. The summed E-state index contributed by atoms with van der Waals surface area (Å²) in [4.78, 5) is 2.46. The molecule has 0 saturated carbocycles. The van der Waals surface area contributed by atoms with Gasteiger partial charge in [-0.3, -0.25) is 4.55 Å². The maximum absolute atomic E-state index is 12.3. The number of quaternary nitrogens is 2. The molecule has 0 aromatic heterocycles. The summed E-state index contributed by atoms with van der Waals surface area (Å²) in [6, 6.07) is 20.2. The zero-order valence-electron chi connectivity index (χ0n) is 38.8. The van der Waals surface area contributed by atoms with E-state index in [1.165, 1.54) is 34.1 Å². The van der Waals surface area contributed by atoms with Crippen LogP contribution in [0, 0.1) is 6.92 Å². The molecule has 0 atom stereocenters. The van der Waals surface area contributed by atoms with Gasteiger partial charge in [-0.05, 0) is 118 Å². The molecule has 3 aliphatic rings. The van der Waals surface area contributed by atoms with Crippen molar-refractivity contribution in [3.05, 3.63) is 130 Å². The molecule has 0 radical (unpaired) electrons. The third-order valence-electron chi connectivity index (χ3n) is 12.6. The van der Waals surface area contributed by atoms with E-state index in [0.29, 0.717) is 6.54 Å². The second kappa shape index (κ2) is 17.8. The highest BCUT2D eigenvalue weighted by atomic mass is 32.2. The van der Waals surface area contributed by atoms with Gasteiger partial charge < -0.3 is 24.3 Å². The Kier molecular flexibility index (Phi) is 13.5. The van der Waals surface area contributed by atoms with Crippen molar-refractivity contribution in [2.45, 2.75) is 88.9 Å². The second-order valence-corrected chi connectivity index (χ2v) is 21.8. The molecule has 0 unspecified atom stereocenters. The van der Waals surface area contributed by atoms with Crippen LogP contribution in [0.3, 0.4) is 0 Å². The van der Waals surface area contributed by atoms with Crippen LogP contribution in [0.1, 0.15) is 82.1 Å². The topological polar surface area (TPSA) is 95.9 Å². The Morgan fingerprint density at radius 2 is 1.52 bits per heavy atom. The average Bonchev–Trinajstić information content (AvgIpc) is 3.50. The van der Waals surface area contributed by atoms with E-state index in [2.05, 4.69) is 141 Å². The van der Waals surface area contributed by atoms with Crippen LogP contribution in [0.2, 0.25) is 0 Å². The van der Waals surface area contributed by atoms with Crippen molar-refractivity contribution in [1.82, 2.24) is 0 Å². The van der Waals surface area contributed by atoms with Gasteiger partial charge in [0.25, 0.3) is 10.1 Å².